The van der Waals surface area contributed by atoms with E-state index in [9.17, 15) is 0 Å². The van der Waals surface area contributed by atoms with Gasteiger partial charge in [-0.2, -0.15) is 0 Å². The molecular formula is C56H160N12O6Si16Y4. The van der Waals surface area contributed by atoms with Gasteiger partial charge in [-0.1, -0.05) is 446 Å². The standard InChI is InChI=1S/8C6H18NSi2.2C4H8O.2H2N2O2.4Y/c8*1-8(2,3)7-9(4,5)6;2*1-2-4-5-3-1;2*3-1-2-4;;;;/h8*1-6H3;2*1-4H2;2*(H,1,4)(H,2,3);;;;/q8*-1;;;;;4*+3/p-4. The minimum absolute atomic E-state index is 0. The van der Waals surface area contributed by atoms with Crippen LogP contribution in [0, 0.1) is 20.8 Å². The van der Waals surface area contributed by atoms with Gasteiger partial charge in [0.05, 0.1) is 0 Å². The third kappa shape index (κ3) is 212. The summed E-state index contributed by atoms with van der Waals surface area (Å²) in [6.07, 6.45) is 5.11. The predicted molar refractivity (Wildman–Crippen MR) is 464 cm³/mol. The van der Waals surface area contributed by atoms with E-state index in [0.717, 1.165) is 26.4 Å². The first-order chi connectivity index (χ1) is 38.5. The van der Waals surface area contributed by atoms with Crippen molar-refractivity contribution < 1.29 is 140 Å². The predicted octanol–water partition coefficient (Wildman–Crippen LogP) is 26.7. The summed E-state index contributed by atoms with van der Waals surface area (Å²) in [5, 5.41) is 40.0. The fourth-order valence-electron chi connectivity index (χ4n) is 9.07. The van der Waals surface area contributed by atoms with Crippen LogP contribution in [0.3, 0.4) is 0 Å². The van der Waals surface area contributed by atoms with E-state index >= 15 is 0 Å². The average Bonchev–Trinajstić information content (AvgIpc) is 3.89. The van der Waals surface area contributed by atoms with Gasteiger partial charge in [0, 0.05) is 26.4 Å². The topological polar surface area (TPSA) is 273 Å². The van der Waals surface area contributed by atoms with Gasteiger partial charge >= 0.3 is 131 Å². The summed E-state index contributed by atoms with van der Waals surface area (Å²) in [4.78, 5) is 0. The minimum atomic E-state index is -1.11. The average molecular weight is 1900 g/mol. The molecule has 38 heteroatoms. The van der Waals surface area contributed by atoms with Crippen LogP contribution in [0.4, 0.5) is 0 Å². The van der Waals surface area contributed by atoms with Crippen LogP contribution in [0.1, 0.15) is 25.7 Å². The number of hydrogen-bond acceptors (Lipinski definition) is 10. The van der Waals surface area contributed by atoms with Gasteiger partial charge in [0.15, 0.2) is 0 Å². The molecule has 0 radical (unpaired) electrons. The summed E-state index contributed by atoms with van der Waals surface area (Å²) >= 11 is 0. The number of hydrogen-bond donors (Lipinski definition) is 0. The number of ether oxygens (including phenoxy) is 2. The van der Waals surface area contributed by atoms with Crippen molar-refractivity contribution in [2.45, 2.75) is 340 Å². The monoisotopic (exact) mass is 1900 g/mol. The molecule has 0 aromatic rings. The van der Waals surface area contributed by atoms with E-state index in [4.69, 9.17) is 67.5 Å². The Morgan fingerprint density at radius 1 is 0.170 bits per heavy atom. The zero-order chi connectivity index (χ0) is 75.6. The zero-order valence-electron chi connectivity index (χ0n) is 71.8. The van der Waals surface area contributed by atoms with Gasteiger partial charge in [-0.25, -0.2) is 21.1 Å². The number of nitrogens with zero attached hydrogens (tertiary/aromatic N) is 12. The molecule has 0 amide bonds. The molecule has 2 saturated heterocycles. The number of rotatable bonds is 16. The molecule has 2 fully saturated rings. The first-order valence-corrected chi connectivity index (χ1v) is 88.0. The summed E-state index contributed by atoms with van der Waals surface area (Å²) in [5.41, 5.74) is 0. The molecule has 2 heterocycles. The van der Waals surface area contributed by atoms with Crippen molar-refractivity contribution in [1.29, 1.82) is 0 Å². The fourth-order valence-corrected chi connectivity index (χ4v) is 73.5. The maximum atomic E-state index is 8.44. The van der Waals surface area contributed by atoms with E-state index in [0.29, 0.717) is 0 Å². The van der Waals surface area contributed by atoms with Crippen molar-refractivity contribution in [1.82, 2.24) is 0 Å². The molecule has 2 aliphatic heterocycles. The Kier molecular flexibility index (Phi) is 87.0. The Morgan fingerprint density at radius 2 is 0.234 bits per heavy atom. The molecule has 2 rings (SSSR count). The molecule has 0 unspecified atom stereocenters. The summed E-state index contributed by atoms with van der Waals surface area (Å²) in [7, 11) is -17.7. The quantitative estimate of drug-likeness (QED) is 0.0822. The van der Waals surface area contributed by atoms with Gasteiger partial charge in [0.2, 0.25) is 0 Å². The first kappa shape index (κ1) is 132. The minimum Gasteiger partial charge on any atom is -0.775 e. The SMILES string of the molecule is C1CCOC1.C1CCOC1.C[Si](C)(C)[N-][Si](C)(C)C.C[Si](C)(C)[N-][Si](C)(C)C.C[Si](C)(C)[N-][Si](C)(C)C.C[Si](C)(C)[N-][Si](C)(C)C.C[Si](C)(C)[N-][Si](C)(C)C.C[Si](C)(C)[N-][Si](C)(C)C.C[Si](C)(C)[N-][Si](C)(C)C.C[Si](C)(C)[N-][Si](C)(C)C.[O-]/N=N/[O-].[O-]/N=N/[O-].[Y+3].[Y+3].[Y+3].[Y+3]. The Bertz CT molecular complexity index is 1270. The molecule has 556 valence electrons. The molecule has 0 atom stereocenters. The van der Waals surface area contributed by atoms with Crippen molar-refractivity contribution in [2.75, 3.05) is 26.4 Å². The van der Waals surface area contributed by atoms with Crippen molar-refractivity contribution in [3.8, 4) is 0 Å². The molecule has 0 aromatic heterocycles. The van der Waals surface area contributed by atoms with Crippen LogP contribution in [-0.4, -0.2) is 158 Å². The van der Waals surface area contributed by atoms with Gasteiger partial charge in [0.25, 0.3) is 0 Å². The van der Waals surface area contributed by atoms with Crippen LogP contribution in [0.5, 0.6) is 0 Å². The first-order valence-electron chi connectivity index (χ1n) is 32.9. The molecule has 94 heavy (non-hydrogen) atoms. The van der Waals surface area contributed by atoms with Crippen LogP contribution in [0.25, 0.3) is 37.2 Å². The van der Waals surface area contributed by atoms with E-state index in [1.54, 1.807) is 21.1 Å². The molecule has 0 saturated carbocycles. The van der Waals surface area contributed by atoms with E-state index in [-0.39, 0.29) is 131 Å². The second kappa shape index (κ2) is 61.7. The Balaban J connectivity index is -0.0000000621. The van der Waals surface area contributed by atoms with Gasteiger partial charge in [0.1, 0.15) is 0 Å². The van der Waals surface area contributed by atoms with Gasteiger partial charge in [-0.3, -0.25) is 0 Å². The van der Waals surface area contributed by atoms with Crippen LogP contribution < -0.4 is 0 Å². The molecule has 0 spiro atoms. The van der Waals surface area contributed by atoms with Crippen LogP contribution in [0.2, 0.25) is 314 Å². The van der Waals surface area contributed by atoms with Gasteiger partial charge < -0.3 is 67.5 Å². The third-order valence-corrected chi connectivity index (χ3v) is 50.0. The maximum absolute atomic E-state index is 8.44. The summed E-state index contributed by atoms with van der Waals surface area (Å²) in [6, 6.07) is 0. The molecule has 2 aliphatic rings. The van der Waals surface area contributed by atoms with Crippen LogP contribution in [-0.2, 0) is 140 Å². The van der Waals surface area contributed by atoms with E-state index in [1.807, 2.05) is 0 Å². The molecule has 0 aliphatic carbocycles. The van der Waals surface area contributed by atoms with Crippen molar-refractivity contribution in [2.24, 2.45) is 21.1 Å². The molecule has 0 aromatic carbocycles. The molecular weight excluding hydrogens is 1740 g/mol. The maximum Gasteiger partial charge on any atom is 3.00 e. The Hall–Kier alpha value is 5.89. The van der Waals surface area contributed by atoms with E-state index in [1.165, 1.54) is 25.7 Å². The van der Waals surface area contributed by atoms with Crippen LogP contribution in [0.15, 0.2) is 21.1 Å². The Morgan fingerprint density at radius 3 is 0.245 bits per heavy atom. The third-order valence-electron chi connectivity index (χ3n) is 7.09. The van der Waals surface area contributed by atoms with Gasteiger partial charge in [-0.05, 0) is 25.7 Å². The summed E-state index contributed by atoms with van der Waals surface area (Å²) in [5.74, 6) is 0. The van der Waals surface area contributed by atoms with Crippen molar-refractivity contribution in [3.05, 3.63) is 58.0 Å². The molecule has 18 nitrogen and oxygen atoms in total. The molecule has 0 N–H and O–H groups in total. The second-order valence-electron chi connectivity index (χ2n) is 38.6. The normalized spacial score (nSPS) is 14.0. The van der Waals surface area contributed by atoms with E-state index < -0.39 is 132 Å². The fraction of sp³-hybridized carbons (Fsp3) is 1.00. The summed E-state index contributed by atoms with van der Waals surface area (Å²) in [6.45, 7) is 114. The van der Waals surface area contributed by atoms with Crippen LogP contribution >= 0.6 is 0 Å². The second-order valence-corrected chi connectivity index (χ2v) is 115. The molecule has 0 bridgehead atoms. The van der Waals surface area contributed by atoms with Crippen molar-refractivity contribution in [3.63, 3.8) is 0 Å². The zero-order valence-corrected chi connectivity index (χ0v) is 99.1. The van der Waals surface area contributed by atoms with E-state index in [2.05, 4.69) is 314 Å². The van der Waals surface area contributed by atoms with Crippen molar-refractivity contribution >= 4 is 132 Å². The Labute approximate surface area is 707 Å². The van der Waals surface area contributed by atoms with Gasteiger partial charge in [-0.15, -0.1) is 0 Å². The smallest absolute Gasteiger partial charge is 0.775 e. The largest absolute Gasteiger partial charge is 3.00 e. The summed E-state index contributed by atoms with van der Waals surface area (Å²) < 4.78 is 48.4.